The minimum Gasteiger partial charge on any atom is -0.368 e. The Kier molecular flexibility index (Phi) is 4.50. The molecule has 4 aromatic rings. The van der Waals surface area contributed by atoms with Gasteiger partial charge in [-0.1, -0.05) is 6.07 Å². The molecule has 0 aliphatic carbocycles. The van der Waals surface area contributed by atoms with Gasteiger partial charge >= 0.3 is 0 Å². The van der Waals surface area contributed by atoms with Gasteiger partial charge in [0.15, 0.2) is 0 Å². The molecule has 3 aromatic heterocycles. The normalized spacial score (nSPS) is 14.5. The number of carbonyl (C=O) groups excluding carboxylic acids is 1. The maximum absolute atomic E-state index is 13.2. The van der Waals surface area contributed by atoms with E-state index in [9.17, 15) is 14.0 Å². The first-order valence-corrected chi connectivity index (χ1v) is 10.2. The Bertz CT molecular complexity index is 1370. The van der Waals surface area contributed by atoms with Gasteiger partial charge in [-0.15, -0.1) is 0 Å². The molecule has 1 aromatic carbocycles. The first kappa shape index (κ1) is 19.3. The van der Waals surface area contributed by atoms with Crippen LogP contribution in [-0.2, 0) is 7.05 Å². The summed E-state index contributed by atoms with van der Waals surface area (Å²) in [6.07, 6.45) is 1.69. The number of anilines is 1. The lowest BCUT2D eigenvalue weighted by Gasteiger charge is -2.36. The lowest BCUT2D eigenvalue weighted by molar-refractivity contribution is 0.0737. The minimum atomic E-state index is -0.263. The number of pyridine rings is 1. The molecule has 1 aliphatic heterocycles. The Morgan fingerprint density at radius 1 is 1.03 bits per heavy atom. The predicted molar refractivity (Wildman–Crippen MR) is 117 cm³/mol. The second-order valence-corrected chi connectivity index (χ2v) is 7.88. The van der Waals surface area contributed by atoms with Crippen LogP contribution in [0.5, 0.6) is 0 Å². The molecule has 8 heteroatoms. The van der Waals surface area contributed by atoms with Crippen LogP contribution in [-0.4, -0.2) is 50.9 Å². The van der Waals surface area contributed by atoms with E-state index < -0.39 is 0 Å². The quantitative estimate of drug-likeness (QED) is 0.501. The van der Waals surface area contributed by atoms with Crippen molar-refractivity contribution in [3.63, 3.8) is 0 Å². The highest BCUT2D eigenvalue weighted by Crippen LogP contribution is 2.20. The molecule has 1 fully saturated rings. The van der Waals surface area contributed by atoms with Crippen molar-refractivity contribution in [2.45, 2.75) is 6.92 Å². The Morgan fingerprint density at radius 2 is 1.74 bits per heavy atom. The van der Waals surface area contributed by atoms with Crippen LogP contribution in [0.15, 0.2) is 53.5 Å². The predicted octanol–water partition coefficient (Wildman–Crippen LogP) is 2.60. The Hall–Kier alpha value is -3.68. The zero-order valence-electron chi connectivity index (χ0n) is 17.4. The van der Waals surface area contributed by atoms with Crippen molar-refractivity contribution in [1.82, 2.24) is 18.9 Å². The number of nitrogens with zero attached hydrogens (tertiary/aromatic N) is 5. The molecular formula is C23H22FN5O2. The van der Waals surface area contributed by atoms with E-state index in [1.165, 1.54) is 16.5 Å². The average molecular weight is 419 g/mol. The number of benzene rings is 1. The van der Waals surface area contributed by atoms with Crippen LogP contribution < -0.4 is 10.5 Å². The largest absolute Gasteiger partial charge is 0.368 e. The second-order valence-electron chi connectivity index (χ2n) is 7.88. The third kappa shape index (κ3) is 3.15. The number of amides is 1. The highest BCUT2D eigenvalue weighted by molar-refractivity contribution is 5.98. The number of aromatic nitrogens is 3. The van der Waals surface area contributed by atoms with Gasteiger partial charge < -0.3 is 14.4 Å². The van der Waals surface area contributed by atoms with Gasteiger partial charge in [-0.2, -0.15) is 0 Å². The molecule has 0 bridgehead atoms. The average Bonchev–Trinajstić information content (AvgIpc) is 3.12. The van der Waals surface area contributed by atoms with Crippen LogP contribution in [0, 0.1) is 12.7 Å². The number of hydrogen-bond acceptors (Lipinski definition) is 4. The van der Waals surface area contributed by atoms with Gasteiger partial charge in [0, 0.05) is 45.1 Å². The van der Waals surface area contributed by atoms with E-state index in [0.29, 0.717) is 48.6 Å². The first-order chi connectivity index (χ1) is 14.9. The van der Waals surface area contributed by atoms with Crippen molar-refractivity contribution in [2.75, 3.05) is 31.1 Å². The van der Waals surface area contributed by atoms with E-state index in [1.807, 2.05) is 19.1 Å². The highest BCUT2D eigenvalue weighted by Gasteiger charge is 2.26. The maximum atomic E-state index is 13.2. The smallest absolute Gasteiger partial charge is 0.270 e. The molecule has 0 spiro atoms. The molecule has 0 radical (unpaired) electrons. The number of hydrogen-bond donors (Lipinski definition) is 0. The second kappa shape index (κ2) is 7.23. The van der Waals surface area contributed by atoms with Crippen molar-refractivity contribution in [2.24, 2.45) is 7.05 Å². The van der Waals surface area contributed by atoms with Crippen molar-refractivity contribution in [3.05, 3.63) is 76.1 Å². The van der Waals surface area contributed by atoms with Crippen molar-refractivity contribution >= 4 is 28.3 Å². The lowest BCUT2D eigenvalue weighted by atomic mass is 10.2. The van der Waals surface area contributed by atoms with Crippen LogP contribution in [0.4, 0.5) is 10.1 Å². The summed E-state index contributed by atoms with van der Waals surface area (Å²) in [4.78, 5) is 34.8. The van der Waals surface area contributed by atoms with Gasteiger partial charge in [0.2, 0.25) is 0 Å². The highest BCUT2D eigenvalue weighted by atomic mass is 19.1. The van der Waals surface area contributed by atoms with E-state index in [1.54, 1.807) is 40.9 Å². The fourth-order valence-corrected chi connectivity index (χ4v) is 4.22. The fraction of sp³-hybridized carbons (Fsp3) is 0.261. The van der Waals surface area contributed by atoms with Gasteiger partial charge in [0.1, 0.15) is 22.8 Å². The zero-order valence-corrected chi connectivity index (χ0v) is 17.4. The van der Waals surface area contributed by atoms with E-state index in [2.05, 4.69) is 9.88 Å². The molecule has 7 nitrogen and oxygen atoms in total. The third-order valence-electron chi connectivity index (χ3n) is 6.00. The maximum Gasteiger partial charge on any atom is 0.270 e. The van der Waals surface area contributed by atoms with E-state index >= 15 is 0 Å². The van der Waals surface area contributed by atoms with Crippen LogP contribution >= 0.6 is 0 Å². The SMILES string of the molecule is Cc1cccn2c(=O)c3cc(C(=O)N4CCN(c5ccc(F)cc5)CC4)n(C)c3nc12. The molecule has 158 valence electrons. The zero-order chi connectivity index (χ0) is 21.7. The minimum absolute atomic E-state index is 0.121. The van der Waals surface area contributed by atoms with E-state index in [4.69, 9.17) is 0 Å². The Balaban J connectivity index is 1.44. The van der Waals surface area contributed by atoms with Crippen molar-refractivity contribution in [3.8, 4) is 0 Å². The summed E-state index contributed by atoms with van der Waals surface area (Å²) >= 11 is 0. The molecule has 0 saturated carbocycles. The first-order valence-electron chi connectivity index (χ1n) is 10.2. The molecule has 0 atom stereocenters. The van der Waals surface area contributed by atoms with Crippen LogP contribution in [0.1, 0.15) is 16.1 Å². The number of halogens is 1. The summed E-state index contributed by atoms with van der Waals surface area (Å²) in [6, 6.07) is 11.8. The summed E-state index contributed by atoms with van der Waals surface area (Å²) in [5.41, 5.74) is 3.20. The number of fused-ring (bicyclic) bond motifs is 2. The summed E-state index contributed by atoms with van der Waals surface area (Å²) in [5, 5.41) is 0.430. The topological polar surface area (TPSA) is 62.9 Å². The lowest BCUT2D eigenvalue weighted by Crippen LogP contribution is -2.49. The van der Waals surface area contributed by atoms with Crippen molar-refractivity contribution in [1.29, 1.82) is 0 Å². The summed E-state index contributed by atoms with van der Waals surface area (Å²) in [7, 11) is 1.77. The summed E-state index contributed by atoms with van der Waals surface area (Å²) in [5.74, 6) is -0.384. The van der Waals surface area contributed by atoms with Crippen LogP contribution in [0.2, 0.25) is 0 Å². The summed E-state index contributed by atoms with van der Waals surface area (Å²) in [6.45, 7) is 4.32. The van der Waals surface area contributed by atoms with Gasteiger partial charge in [-0.05, 0) is 48.9 Å². The number of rotatable bonds is 2. The number of aryl methyl sites for hydroxylation is 2. The van der Waals surface area contributed by atoms with Gasteiger partial charge in [0.05, 0.1) is 5.39 Å². The van der Waals surface area contributed by atoms with Gasteiger partial charge in [-0.25, -0.2) is 9.37 Å². The van der Waals surface area contributed by atoms with E-state index in [0.717, 1.165) is 11.3 Å². The Labute approximate surface area is 177 Å². The molecule has 1 saturated heterocycles. The molecule has 4 heterocycles. The van der Waals surface area contributed by atoms with Crippen molar-refractivity contribution < 1.29 is 9.18 Å². The Morgan fingerprint density at radius 3 is 2.45 bits per heavy atom. The molecule has 0 unspecified atom stereocenters. The van der Waals surface area contributed by atoms with Crippen LogP contribution in [0.25, 0.3) is 16.7 Å². The third-order valence-corrected chi connectivity index (χ3v) is 6.00. The fourth-order valence-electron chi connectivity index (χ4n) is 4.22. The van der Waals surface area contributed by atoms with Gasteiger partial charge in [0.25, 0.3) is 11.5 Å². The number of piperazine rings is 1. The van der Waals surface area contributed by atoms with E-state index in [-0.39, 0.29) is 17.3 Å². The monoisotopic (exact) mass is 419 g/mol. The molecule has 31 heavy (non-hydrogen) atoms. The number of carbonyl (C=O) groups is 1. The molecule has 1 aliphatic rings. The standard InChI is InChI=1S/C23H22FN5O2/c1-15-4-3-9-29-20(15)25-21-18(22(29)30)14-19(26(21)2)23(31)28-12-10-27(11-13-28)17-7-5-16(24)6-8-17/h3-9,14H,10-13H2,1-2H3. The molecule has 5 rings (SSSR count). The summed E-state index contributed by atoms with van der Waals surface area (Å²) < 4.78 is 16.4. The molecular weight excluding hydrogens is 397 g/mol. The molecule has 1 amide bonds. The molecule has 0 N–H and O–H groups in total. The van der Waals surface area contributed by atoms with Crippen LogP contribution in [0.3, 0.4) is 0 Å². The van der Waals surface area contributed by atoms with Gasteiger partial charge in [-0.3, -0.25) is 14.0 Å².